The van der Waals surface area contributed by atoms with Crippen molar-refractivity contribution in [3.8, 4) is 0 Å². The van der Waals surface area contributed by atoms with Crippen molar-refractivity contribution in [2.24, 2.45) is 22.9 Å². The number of rotatable bonds is 18. The molecule has 13 N–H and O–H groups in total. The first-order valence-corrected chi connectivity index (χ1v) is 10.7. The fourth-order valence-corrected chi connectivity index (χ4v) is 2.77. The molecule has 0 aliphatic carbocycles. The van der Waals surface area contributed by atoms with Crippen LogP contribution in [0.1, 0.15) is 44.9 Å². The van der Waals surface area contributed by atoms with Gasteiger partial charge in [-0.2, -0.15) is 0 Å². The van der Waals surface area contributed by atoms with Crippen LogP contribution in [0.15, 0.2) is 0 Å². The molecule has 0 saturated carbocycles. The monoisotopic (exact) mass is 489 g/mol. The number of hydrogen-bond donors (Lipinski definition) is 9. The summed E-state index contributed by atoms with van der Waals surface area (Å²) in [6.45, 7) is -0.378. The van der Waals surface area contributed by atoms with Crippen LogP contribution < -0.4 is 38.9 Å². The van der Waals surface area contributed by atoms with Gasteiger partial charge >= 0.3 is 5.97 Å². The van der Waals surface area contributed by atoms with Gasteiger partial charge in [-0.05, 0) is 38.6 Å². The molecule has 0 radical (unpaired) electrons. The number of amides is 5. The van der Waals surface area contributed by atoms with Gasteiger partial charge in [-0.15, -0.1) is 0 Å². The Morgan fingerprint density at radius 2 is 1.15 bits per heavy atom. The van der Waals surface area contributed by atoms with Crippen molar-refractivity contribution in [3.05, 3.63) is 0 Å². The number of aliphatic hydroxyl groups excluding tert-OH is 1. The van der Waals surface area contributed by atoms with Gasteiger partial charge in [-0.1, -0.05) is 0 Å². The van der Waals surface area contributed by atoms with Gasteiger partial charge in [0.05, 0.1) is 6.61 Å². The maximum atomic E-state index is 12.8. The summed E-state index contributed by atoms with van der Waals surface area (Å²) in [5.74, 6) is -5.44. The number of nitrogens with one attached hydrogen (secondary N) is 3. The second-order valence-electron chi connectivity index (χ2n) is 7.61. The second-order valence-corrected chi connectivity index (χ2v) is 7.61. The van der Waals surface area contributed by atoms with Crippen molar-refractivity contribution in [3.63, 3.8) is 0 Å². The fraction of sp³-hybridized carbons (Fsp3) is 0.684. The van der Waals surface area contributed by atoms with Crippen molar-refractivity contribution in [2.75, 3.05) is 13.2 Å². The summed E-state index contributed by atoms with van der Waals surface area (Å²) >= 11 is 0. The van der Waals surface area contributed by atoms with E-state index in [9.17, 15) is 33.9 Å². The smallest absolute Gasteiger partial charge is 0.326 e. The highest BCUT2D eigenvalue weighted by molar-refractivity contribution is 5.94. The molecule has 0 aliphatic rings. The molecule has 0 rings (SSSR count). The Labute approximate surface area is 196 Å². The lowest BCUT2D eigenvalue weighted by atomic mass is 10.0. The van der Waals surface area contributed by atoms with E-state index in [1.807, 2.05) is 0 Å². The van der Waals surface area contributed by atoms with Crippen LogP contribution in [-0.4, -0.2) is 83.0 Å². The van der Waals surface area contributed by atoms with Gasteiger partial charge in [0.2, 0.25) is 29.5 Å². The molecule has 34 heavy (non-hydrogen) atoms. The van der Waals surface area contributed by atoms with Gasteiger partial charge in [-0.25, -0.2) is 4.79 Å². The largest absolute Gasteiger partial charge is 0.480 e. The Bertz CT molecular complexity index is 733. The molecule has 0 aromatic rings. The molecule has 0 heterocycles. The maximum absolute atomic E-state index is 12.8. The molecular formula is C19H35N7O8. The van der Waals surface area contributed by atoms with Gasteiger partial charge in [-0.3, -0.25) is 24.0 Å². The minimum absolute atomic E-state index is 0.0869. The summed E-state index contributed by atoms with van der Waals surface area (Å²) in [6, 6.07) is -5.28. The number of hydrogen-bond acceptors (Lipinski definition) is 9. The van der Waals surface area contributed by atoms with Gasteiger partial charge in [0.15, 0.2) is 0 Å². The van der Waals surface area contributed by atoms with E-state index in [-0.39, 0.29) is 32.1 Å². The van der Waals surface area contributed by atoms with Crippen molar-refractivity contribution in [1.29, 1.82) is 0 Å². The average molecular weight is 490 g/mol. The normalized spacial score (nSPS) is 14.2. The topological polar surface area (TPSA) is 283 Å². The van der Waals surface area contributed by atoms with Crippen LogP contribution in [0.25, 0.3) is 0 Å². The lowest BCUT2D eigenvalue weighted by Crippen LogP contribution is -2.57. The lowest BCUT2D eigenvalue weighted by molar-refractivity contribution is -0.142. The van der Waals surface area contributed by atoms with E-state index in [1.54, 1.807) is 0 Å². The Morgan fingerprint density at radius 1 is 0.706 bits per heavy atom. The number of carboxylic acid groups (broad SMARTS) is 1. The molecule has 5 amide bonds. The number of unbranched alkanes of at least 4 members (excludes halogenated alkanes) is 1. The third-order valence-corrected chi connectivity index (χ3v) is 4.72. The quantitative estimate of drug-likeness (QED) is 0.0831. The average Bonchev–Trinajstić information content (AvgIpc) is 2.77. The summed E-state index contributed by atoms with van der Waals surface area (Å²) in [6.07, 6.45) is -0.0183. The number of nitrogens with two attached hydrogens (primary N) is 4. The van der Waals surface area contributed by atoms with Gasteiger partial charge < -0.3 is 49.1 Å². The molecule has 0 bridgehead atoms. The standard InChI is InChI=1S/C19H35N7O8/c20-8-2-1-3-11(17(31)26-13(19(33)34)5-7-15(23)29)25-18(32)12(4-6-14(22)28)24-16(30)10(21)9-27/h10-13,27H,1-9,20-21H2,(H2,22,28)(H2,23,29)(H,24,30)(H,25,32)(H,26,31)(H,33,34). The predicted molar refractivity (Wildman–Crippen MR) is 118 cm³/mol. The molecule has 0 fully saturated rings. The summed E-state index contributed by atoms with van der Waals surface area (Å²) in [4.78, 5) is 71.1. The zero-order valence-electron chi connectivity index (χ0n) is 18.8. The molecule has 0 aromatic heterocycles. The number of primary amides is 2. The summed E-state index contributed by atoms with van der Waals surface area (Å²) in [5, 5.41) is 25.3. The molecular weight excluding hydrogens is 454 g/mol. The van der Waals surface area contributed by atoms with Crippen molar-refractivity contribution >= 4 is 35.5 Å². The third kappa shape index (κ3) is 12.7. The minimum Gasteiger partial charge on any atom is -0.480 e. The first-order chi connectivity index (χ1) is 15.9. The minimum atomic E-state index is -1.43. The molecule has 15 nitrogen and oxygen atoms in total. The highest BCUT2D eigenvalue weighted by Gasteiger charge is 2.30. The number of aliphatic carboxylic acids is 1. The van der Waals surface area contributed by atoms with Crippen molar-refractivity contribution < 1.29 is 39.0 Å². The van der Waals surface area contributed by atoms with Crippen LogP contribution in [-0.2, 0) is 28.8 Å². The first kappa shape index (κ1) is 30.7. The Kier molecular flexibility index (Phi) is 14.7. The van der Waals surface area contributed by atoms with E-state index >= 15 is 0 Å². The SMILES string of the molecule is NCCCCC(NC(=O)C(CCC(N)=O)NC(=O)C(N)CO)C(=O)NC(CCC(N)=O)C(=O)O. The van der Waals surface area contributed by atoms with Crippen LogP contribution in [0, 0.1) is 0 Å². The highest BCUT2D eigenvalue weighted by Crippen LogP contribution is 2.06. The predicted octanol–water partition coefficient (Wildman–Crippen LogP) is -4.50. The van der Waals surface area contributed by atoms with E-state index in [0.717, 1.165) is 0 Å². The van der Waals surface area contributed by atoms with Gasteiger partial charge in [0, 0.05) is 12.8 Å². The molecule has 15 heteroatoms. The van der Waals surface area contributed by atoms with E-state index in [0.29, 0.717) is 19.4 Å². The van der Waals surface area contributed by atoms with Crippen molar-refractivity contribution in [1.82, 2.24) is 16.0 Å². The Morgan fingerprint density at radius 3 is 1.59 bits per heavy atom. The van der Waals surface area contributed by atoms with Crippen LogP contribution in [0.3, 0.4) is 0 Å². The highest BCUT2D eigenvalue weighted by atomic mass is 16.4. The summed E-state index contributed by atoms with van der Waals surface area (Å²) < 4.78 is 0. The number of carboxylic acids is 1. The molecule has 4 unspecified atom stereocenters. The van der Waals surface area contributed by atoms with Crippen LogP contribution >= 0.6 is 0 Å². The lowest BCUT2D eigenvalue weighted by Gasteiger charge is -2.25. The Balaban J connectivity index is 5.53. The molecule has 194 valence electrons. The molecule has 0 saturated heterocycles. The molecule has 0 aromatic carbocycles. The van der Waals surface area contributed by atoms with Crippen LogP contribution in [0.2, 0.25) is 0 Å². The van der Waals surface area contributed by atoms with E-state index in [2.05, 4.69) is 16.0 Å². The number of carbonyl (C=O) groups is 6. The van der Waals surface area contributed by atoms with Gasteiger partial charge in [0.25, 0.3) is 0 Å². The molecule has 0 aliphatic heterocycles. The fourth-order valence-electron chi connectivity index (χ4n) is 2.77. The Hall–Kier alpha value is -3.30. The van der Waals surface area contributed by atoms with Crippen LogP contribution in [0.5, 0.6) is 0 Å². The second kappa shape index (κ2) is 16.3. The summed E-state index contributed by atoms with van der Waals surface area (Å²) in [5.41, 5.74) is 21.0. The van der Waals surface area contributed by atoms with Crippen molar-refractivity contribution in [2.45, 2.75) is 69.1 Å². The van der Waals surface area contributed by atoms with E-state index in [1.165, 1.54) is 0 Å². The zero-order chi connectivity index (χ0) is 26.3. The van der Waals surface area contributed by atoms with E-state index in [4.69, 9.17) is 28.0 Å². The number of aliphatic hydroxyl groups is 1. The van der Waals surface area contributed by atoms with E-state index < -0.39 is 66.3 Å². The molecule has 4 atom stereocenters. The maximum Gasteiger partial charge on any atom is 0.326 e. The van der Waals surface area contributed by atoms with Gasteiger partial charge in [0.1, 0.15) is 24.2 Å². The first-order valence-electron chi connectivity index (χ1n) is 10.7. The number of carbonyl (C=O) groups excluding carboxylic acids is 5. The van der Waals surface area contributed by atoms with Crippen LogP contribution in [0.4, 0.5) is 0 Å². The molecule has 0 spiro atoms. The summed E-state index contributed by atoms with van der Waals surface area (Å²) in [7, 11) is 0. The third-order valence-electron chi connectivity index (χ3n) is 4.72. The zero-order valence-corrected chi connectivity index (χ0v) is 18.8.